The standard InChI is InChI=1S/C17H23ClN2O4/c1-23-14-3-2-12(18)10-13(14)15(16(21)22)20-8-9-24-17(11-20)4-6-19-7-5-17/h2-3,10,15,19H,4-9,11H2,1H3,(H,21,22). The van der Waals surface area contributed by atoms with E-state index in [-0.39, 0.29) is 5.60 Å². The van der Waals surface area contributed by atoms with Gasteiger partial charge in [0.2, 0.25) is 0 Å². The van der Waals surface area contributed by atoms with Gasteiger partial charge < -0.3 is 19.9 Å². The Morgan fingerprint density at radius 1 is 1.46 bits per heavy atom. The number of nitrogens with one attached hydrogen (secondary N) is 1. The van der Waals surface area contributed by atoms with Gasteiger partial charge in [-0.25, -0.2) is 0 Å². The van der Waals surface area contributed by atoms with Crippen LogP contribution < -0.4 is 10.1 Å². The van der Waals surface area contributed by atoms with Crippen molar-refractivity contribution in [2.75, 3.05) is 39.9 Å². The summed E-state index contributed by atoms with van der Waals surface area (Å²) in [5.74, 6) is -0.362. The topological polar surface area (TPSA) is 71.0 Å². The van der Waals surface area contributed by atoms with Gasteiger partial charge in [-0.3, -0.25) is 9.69 Å². The third-order valence-corrected chi connectivity index (χ3v) is 5.11. The van der Waals surface area contributed by atoms with Crippen LogP contribution in [0.5, 0.6) is 5.75 Å². The van der Waals surface area contributed by atoms with Crippen molar-refractivity contribution in [3.05, 3.63) is 28.8 Å². The second-order valence-corrected chi connectivity index (χ2v) is 6.82. The number of ether oxygens (including phenoxy) is 2. The minimum Gasteiger partial charge on any atom is -0.496 e. The molecule has 2 N–H and O–H groups in total. The lowest BCUT2D eigenvalue weighted by atomic mass is 9.89. The molecule has 1 atom stereocenters. The molecule has 0 aliphatic carbocycles. The Balaban J connectivity index is 1.91. The molecule has 1 spiro atoms. The predicted octanol–water partition coefficient (Wildman–Crippen LogP) is 1.93. The lowest BCUT2D eigenvalue weighted by Crippen LogP contribution is -2.57. The van der Waals surface area contributed by atoms with Crippen molar-refractivity contribution in [2.24, 2.45) is 0 Å². The fourth-order valence-corrected chi connectivity index (χ4v) is 3.86. The normalized spacial score (nSPS) is 22.2. The van der Waals surface area contributed by atoms with E-state index in [1.807, 2.05) is 4.90 Å². The maximum absolute atomic E-state index is 12.1. The number of hydrogen-bond donors (Lipinski definition) is 2. The Kier molecular flexibility index (Phi) is 5.30. The number of aliphatic carboxylic acids is 1. The zero-order valence-corrected chi connectivity index (χ0v) is 14.5. The molecule has 0 saturated carbocycles. The van der Waals surface area contributed by atoms with Crippen molar-refractivity contribution >= 4 is 17.6 Å². The van der Waals surface area contributed by atoms with Gasteiger partial charge in [0.05, 0.1) is 19.3 Å². The molecule has 2 aliphatic rings. The van der Waals surface area contributed by atoms with Crippen LogP contribution in [0.1, 0.15) is 24.4 Å². The molecular formula is C17H23ClN2O4. The first-order chi connectivity index (χ1) is 11.5. The van der Waals surface area contributed by atoms with E-state index in [9.17, 15) is 9.90 Å². The summed E-state index contributed by atoms with van der Waals surface area (Å²) in [6.07, 6.45) is 1.78. The van der Waals surface area contributed by atoms with Gasteiger partial charge in [0.25, 0.3) is 0 Å². The highest BCUT2D eigenvalue weighted by molar-refractivity contribution is 6.30. The monoisotopic (exact) mass is 354 g/mol. The van der Waals surface area contributed by atoms with E-state index in [0.717, 1.165) is 25.9 Å². The molecule has 1 unspecified atom stereocenters. The molecule has 7 heteroatoms. The Labute approximate surface area is 146 Å². The third kappa shape index (κ3) is 3.52. The molecule has 2 aliphatic heterocycles. The van der Waals surface area contributed by atoms with Gasteiger partial charge >= 0.3 is 5.97 Å². The predicted molar refractivity (Wildman–Crippen MR) is 90.7 cm³/mol. The van der Waals surface area contributed by atoms with Gasteiger partial charge in [0.1, 0.15) is 11.8 Å². The molecule has 3 rings (SSSR count). The highest BCUT2D eigenvalue weighted by Gasteiger charge is 2.42. The minimum absolute atomic E-state index is 0.261. The maximum atomic E-state index is 12.1. The summed E-state index contributed by atoms with van der Waals surface area (Å²) in [6, 6.07) is 4.31. The lowest BCUT2D eigenvalue weighted by molar-refractivity contribution is -0.158. The molecule has 1 aromatic rings. The van der Waals surface area contributed by atoms with E-state index in [2.05, 4.69) is 5.32 Å². The highest BCUT2D eigenvalue weighted by atomic mass is 35.5. The SMILES string of the molecule is COc1ccc(Cl)cc1C(C(=O)O)N1CCOC2(CCNCC2)C1. The Morgan fingerprint density at radius 2 is 2.21 bits per heavy atom. The number of methoxy groups -OCH3 is 1. The van der Waals surface area contributed by atoms with Gasteiger partial charge in [0, 0.05) is 23.7 Å². The van der Waals surface area contributed by atoms with E-state index >= 15 is 0 Å². The summed E-state index contributed by atoms with van der Waals surface area (Å²) in [6.45, 7) is 3.49. The van der Waals surface area contributed by atoms with Crippen LogP contribution in [0, 0.1) is 0 Å². The van der Waals surface area contributed by atoms with Gasteiger partial charge in [-0.1, -0.05) is 11.6 Å². The molecule has 0 bridgehead atoms. The van der Waals surface area contributed by atoms with E-state index in [1.54, 1.807) is 25.3 Å². The number of carboxylic acid groups (broad SMARTS) is 1. The molecule has 0 amide bonds. The maximum Gasteiger partial charge on any atom is 0.325 e. The largest absolute Gasteiger partial charge is 0.496 e. The van der Waals surface area contributed by atoms with E-state index in [4.69, 9.17) is 21.1 Å². The number of rotatable bonds is 4. The van der Waals surface area contributed by atoms with Gasteiger partial charge in [-0.15, -0.1) is 0 Å². The summed E-state index contributed by atoms with van der Waals surface area (Å²) < 4.78 is 11.4. The fourth-order valence-electron chi connectivity index (χ4n) is 3.68. The first kappa shape index (κ1) is 17.5. The first-order valence-corrected chi connectivity index (χ1v) is 8.57. The second kappa shape index (κ2) is 7.27. The average Bonchev–Trinajstić information content (AvgIpc) is 2.56. The number of carboxylic acids is 1. The van der Waals surface area contributed by atoms with Crippen LogP contribution in [0.4, 0.5) is 0 Å². The molecule has 2 heterocycles. The third-order valence-electron chi connectivity index (χ3n) is 4.88. The summed E-state index contributed by atoms with van der Waals surface area (Å²) in [5.41, 5.74) is 0.326. The highest BCUT2D eigenvalue weighted by Crippen LogP contribution is 2.36. The van der Waals surface area contributed by atoms with Crippen LogP contribution in [-0.4, -0.2) is 61.5 Å². The second-order valence-electron chi connectivity index (χ2n) is 6.38. The van der Waals surface area contributed by atoms with Crippen LogP contribution in [-0.2, 0) is 9.53 Å². The molecule has 0 radical (unpaired) electrons. The fraction of sp³-hybridized carbons (Fsp3) is 0.588. The minimum atomic E-state index is -0.901. The average molecular weight is 355 g/mol. The summed E-state index contributed by atoms with van der Waals surface area (Å²) in [7, 11) is 1.54. The Bertz CT molecular complexity index is 599. The Hall–Kier alpha value is -1.34. The molecule has 24 heavy (non-hydrogen) atoms. The molecule has 132 valence electrons. The van der Waals surface area contributed by atoms with E-state index in [0.29, 0.717) is 36.0 Å². The van der Waals surface area contributed by atoms with Crippen molar-refractivity contribution in [3.63, 3.8) is 0 Å². The summed E-state index contributed by atoms with van der Waals surface area (Å²) >= 11 is 6.10. The van der Waals surface area contributed by atoms with Crippen LogP contribution in [0.15, 0.2) is 18.2 Å². The van der Waals surface area contributed by atoms with Crippen molar-refractivity contribution in [2.45, 2.75) is 24.5 Å². The molecule has 2 saturated heterocycles. The van der Waals surface area contributed by atoms with E-state index < -0.39 is 12.0 Å². The first-order valence-electron chi connectivity index (χ1n) is 8.20. The summed E-state index contributed by atoms with van der Waals surface area (Å²) in [5, 5.41) is 13.7. The number of halogens is 1. The quantitative estimate of drug-likeness (QED) is 0.861. The zero-order chi connectivity index (χ0) is 17.2. The van der Waals surface area contributed by atoms with Crippen molar-refractivity contribution in [1.82, 2.24) is 10.2 Å². The van der Waals surface area contributed by atoms with Crippen LogP contribution in [0.2, 0.25) is 5.02 Å². The zero-order valence-electron chi connectivity index (χ0n) is 13.8. The van der Waals surface area contributed by atoms with Gasteiger partial charge in [-0.2, -0.15) is 0 Å². The molecule has 6 nitrogen and oxygen atoms in total. The number of nitrogens with zero attached hydrogens (tertiary/aromatic N) is 1. The van der Waals surface area contributed by atoms with Gasteiger partial charge in [-0.05, 0) is 44.1 Å². The smallest absolute Gasteiger partial charge is 0.325 e. The number of hydrogen-bond acceptors (Lipinski definition) is 5. The number of carbonyl (C=O) groups is 1. The molecular weight excluding hydrogens is 332 g/mol. The van der Waals surface area contributed by atoms with Crippen LogP contribution in [0.3, 0.4) is 0 Å². The van der Waals surface area contributed by atoms with Crippen molar-refractivity contribution in [1.29, 1.82) is 0 Å². The number of benzene rings is 1. The lowest BCUT2D eigenvalue weighted by Gasteiger charge is -2.46. The molecule has 1 aromatic carbocycles. The van der Waals surface area contributed by atoms with Crippen molar-refractivity contribution < 1.29 is 19.4 Å². The van der Waals surface area contributed by atoms with Crippen LogP contribution in [0.25, 0.3) is 0 Å². The van der Waals surface area contributed by atoms with Crippen LogP contribution >= 0.6 is 11.6 Å². The summed E-state index contributed by atoms with van der Waals surface area (Å²) in [4.78, 5) is 14.0. The van der Waals surface area contributed by atoms with Gasteiger partial charge in [0.15, 0.2) is 0 Å². The molecule has 0 aromatic heterocycles. The number of piperidine rings is 1. The Morgan fingerprint density at radius 3 is 2.88 bits per heavy atom. The van der Waals surface area contributed by atoms with Crippen molar-refractivity contribution in [3.8, 4) is 5.75 Å². The number of morpholine rings is 1. The molecule has 2 fully saturated rings. The van der Waals surface area contributed by atoms with E-state index in [1.165, 1.54) is 0 Å².